The van der Waals surface area contributed by atoms with Crippen molar-refractivity contribution in [1.29, 1.82) is 0 Å². The van der Waals surface area contributed by atoms with Gasteiger partial charge in [0.25, 0.3) is 0 Å². The lowest BCUT2D eigenvalue weighted by atomic mass is 9.70. The number of fused-ring (bicyclic) bond motifs is 1. The van der Waals surface area contributed by atoms with Crippen molar-refractivity contribution in [3.05, 3.63) is 29.5 Å². The molecule has 28 heavy (non-hydrogen) atoms. The summed E-state index contributed by atoms with van der Waals surface area (Å²) in [7, 11) is 1.71. The standard InChI is InChI=1S/C25H39NO2/c1-5-6-7-20-15-19(9-8-17(20)2)14-18(3)25-22(12-13-26)23-16-21(27-4)10-11-24(23)28-25/h10-11,16-20H,5-9,12-15,26H2,1-4H3. The van der Waals surface area contributed by atoms with Gasteiger partial charge in [-0.25, -0.2) is 0 Å². The molecule has 1 fully saturated rings. The average molecular weight is 386 g/mol. The lowest BCUT2D eigenvalue weighted by molar-refractivity contribution is 0.166. The molecule has 1 aromatic carbocycles. The van der Waals surface area contributed by atoms with Gasteiger partial charge in [0.2, 0.25) is 0 Å². The third-order valence-corrected chi connectivity index (χ3v) is 6.96. The molecule has 4 unspecified atom stereocenters. The zero-order chi connectivity index (χ0) is 20.1. The van der Waals surface area contributed by atoms with Crippen LogP contribution in [-0.2, 0) is 6.42 Å². The van der Waals surface area contributed by atoms with Crippen molar-refractivity contribution >= 4 is 11.0 Å². The Kier molecular flexibility index (Phi) is 7.45. The Morgan fingerprint density at radius 1 is 1.29 bits per heavy atom. The summed E-state index contributed by atoms with van der Waals surface area (Å²) >= 11 is 0. The average Bonchev–Trinajstić information content (AvgIpc) is 3.06. The summed E-state index contributed by atoms with van der Waals surface area (Å²) in [6, 6.07) is 6.12. The minimum absolute atomic E-state index is 0.435. The van der Waals surface area contributed by atoms with Gasteiger partial charge in [-0.15, -0.1) is 0 Å². The van der Waals surface area contributed by atoms with E-state index < -0.39 is 0 Å². The van der Waals surface area contributed by atoms with Crippen LogP contribution in [0.4, 0.5) is 0 Å². The predicted octanol–water partition coefficient (Wildman–Crippen LogP) is 6.68. The van der Waals surface area contributed by atoms with E-state index in [1.165, 1.54) is 55.9 Å². The number of hydrogen-bond acceptors (Lipinski definition) is 3. The number of nitrogens with two attached hydrogens (primary N) is 1. The fourth-order valence-corrected chi connectivity index (χ4v) is 5.28. The van der Waals surface area contributed by atoms with Crippen molar-refractivity contribution in [1.82, 2.24) is 0 Å². The van der Waals surface area contributed by atoms with Gasteiger partial charge in [0.1, 0.15) is 17.1 Å². The summed E-state index contributed by atoms with van der Waals surface area (Å²) in [6.45, 7) is 7.76. The second-order valence-electron chi connectivity index (χ2n) is 9.04. The summed E-state index contributed by atoms with van der Waals surface area (Å²) in [6.07, 6.45) is 10.3. The van der Waals surface area contributed by atoms with Crippen LogP contribution in [0.5, 0.6) is 5.75 Å². The van der Waals surface area contributed by atoms with Crippen LogP contribution in [0.25, 0.3) is 11.0 Å². The molecule has 3 heteroatoms. The van der Waals surface area contributed by atoms with Gasteiger partial charge in [0.15, 0.2) is 0 Å². The summed E-state index contributed by atoms with van der Waals surface area (Å²) in [5.74, 6) is 5.09. The molecule has 0 aliphatic heterocycles. The van der Waals surface area contributed by atoms with Crippen LogP contribution in [0, 0.1) is 17.8 Å². The van der Waals surface area contributed by atoms with Gasteiger partial charge in [0, 0.05) is 16.9 Å². The number of methoxy groups -OCH3 is 1. The molecule has 2 N–H and O–H groups in total. The number of benzene rings is 1. The molecule has 1 aliphatic carbocycles. The molecule has 1 saturated carbocycles. The van der Waals surface area contributed by atoms with Crippen molar-refractivity contribution in [3.8, 4) is 5.75 Å². The highest BCUT2D eigenvalue weighted by Gasteiger charge is 2.30. The maximum atomic E-state index is 6.36. The van der Waals surface area contributed by atoms with E-state index in [0.29, 0.717) is 12.5 Å². The van der Waals surface area contributed by atoms with Crippen LogP contribution in [-0.4, -0.2) is 13.7 Å². The molecule has 4 atom stereocenters. The maximum absolute atomic E-state index is 6.36. The highest BCUT2D eigenvalue weighted by atomic mass is 16.5. The SMILES string of the molecule is CCCCC1CC(CC(C)c2oc3ccc(OC)cc3c2CCN)CCC1C. The Hall–Kier alpha value is -1.48. The van der Waals surface area contributed by atoms with Gasteiger partial charge in [0.05, 0.1) is 7.11 Å². The highest BCUT2D eigenvalue weighted by Crippen LogP contribution is 2.42. The van der Waals surface area contributed by atoms with Crippen LogP contribution in [0.3, 0.4) is 0 Å². The fraction of sp³-hybridized carbons (Fsp3) is 0.680. The molecule has 1 heterocycles. The molecule has 3 nitrogen and oxygen atoms in total. The van der Waals surface area contributed by atoms with Crippen LogP contribution in [0.15, 0.2) is 22.6 Å². The number of hydrogen-bond donors (Lipinski definition) is 1. The predicted molar refractivity (Wildman–Crippen MR) is 118 cm³/mol. The van der Waals surface area contributed by atoms with Crippen molar-refractivity contribution in [3.63, 3.8) is 0 Å². The van der Waals surface area contributed by atoms with Crippen molar-refractivity contribution in [2.45, 2.75) is 78.1 Å². The molecule has 0 bridgehead atoms. The van der Waals surface area contributed by atoms with E-state index in [0.717, 1.165) is 41.3 Å². The topological polar surface area (TPSA) is 48.4 Å². The first-order chi connectivity index (χ1) is 13.6. The van der Waals surface area contributed by atoms with Gasteiger partial charge >= 0.3 is 0 Å². The minimum atomic E-state index is 0.435. The number of unbranched alkanes of at least 4 members (excludes halogenated alkanes) is 1. The Bertz CT molecular complexity index is 750. The zero-order valence-electron chi connectivity index (χ0n) is 18.3. The second kappa shape index (κ2) is 9.82. The molecule has 0 spiro atoms. The highest BCUT2D eigenvalue weighted by molar-refractivity contribution is 5.84. The third kappa shape index (κ3) is 4.74. The van der Waals surface area contributed by atoms with Crippen LogP contribution in [0.2, 0.25) is 0 Å². The first kappa shape index (κ1) is 21.2. The smallest absolute Gasteiger partial charge is 0.134 e. The quantitative estimate of drug-likeness (QED) is 0.524. The van der Waals surface area contributed by atoms with E-state index in [1.807, 2.05) is 12.1 Å². The first-order valence-electron chi connectivity index (χ1n) is 11.4. The summed E-state index contributed by atoms with van der Waals surface area (Å²) < 4.78 is 11.8. The molecular formula is C25H39NO2. The largest absolute Gasteiger partial charge is 0.497 e. The molecule has 0 saturated heterocycles. The Balaban J connectivity index is 1.77. The van der Waals surface area contributed by atoms with Crippen LogP contribution >= 0.6 is 0 Å². The molecule has 1 aromatic heterocycles. The van der Waals surface area contributed by atoms with Gasteiger partial charge in [-0.3, -0.25) is 0 Å². The van der Waals surface area contributed by atoms with Crippen LogP contribution in [0.1, 0.15) is 83.0 Å². The molecule has 156 valence electrons. The summed E-state index contributed by atoms with van der Waals surface area (Å²) in [4.78, 5) is 0. The minimum Gasteiger partial charge on any atom is -0.497 e. The molecule has 0 radical (unpaired) electrons. The summed E-state index contributed by atoms with van der Waals surface area (Å²) in [5, 5.41) is 1.17. The Labute approximate surface area is 171 Å². The van der Waals surface area contributed by atoms with E-state index in [9.17, 15) is 0 Å². The van der Waals surface area contributed by atoms with Crippen molar-refractivity contribution < 1.29 is 9.15 Å². The molecular weight excluding hydrogens is 346 g/mol. The van der Waals surface area contributed by atoms with E-state index in [2.05, 4.69) is 26.8 Å². The Morgan fingerprint density at radius 2 is 2.11 bits per heavy atom. The van der Waals surface area contributed by atoms with Crippen molar-refractivity contribution in [2.75, 3.05) is 13.7 Å². The van der Waals surface area contributed by atoms with E-state index in [1.54, 1.807) is 7.11 Å². The van der Waals surface area contributed by atoms with E-state index >= 15 is 0 Å². The molecule has 1 aliphatic rings. The lowest BCUT2D eigenvalue weighted by Gasteiger charge is -2.35. The van der Waals surface area contributed by atoms with Gasteiger partial charge < -0.3 is 14.9 Å². The number of ether oxygens (including phenoxy) is 1. The third-order valence-electron chi connectivity index (χ3n) is 6.96. The second-order valence-corrected chi connectivity index (χ2v) is 9.04. The molecule has 0 amide bonds. The Morgan fingerprint density at radius 3 is 2.82 bits per heavy atom. The maximum Gasteiger partial charge on any atom is 0.134 e. The normalized spacial score (nSPS) is 23.8. The monoisotopic (exact) mass is 385 g/mol. The number of furan rings is 1. The zero-order valence-corrected chi connectivity index (χ0v) is 18.3. The molecule has 2 aromatic rings. The lowest BCUT2D eigenvalue weighted by Crippen LogP contribution is -2.24. The number of rotatable bonds is 9. The van der Waals surface area contributed by atoms with Crippen LogP contribution < -0.4 is 10.5 Å². The van der Waals surface area contributed by atoms with Gasteiger partial charge in [-0.1, -0.05) is 52.9 Å². The van der Waals surface area contributed by atoms with Gasteiger partial charge in [-0.2, -0.15) is 0 Å². The molecule has 3 rings (SSSR count). The van der Waals surface area contributed by atoms with Crippen molar-refractivity contribution in [2.24, 2.45) is 23.5 Å². The van der Waals surface area contributed by atoms with E-state index in [-0.39, 0.29) is 0 Å². The van der Waals surface area contributed by atoms with E-state index in [4.69, 9.17) is 14.9 Å². The first-order valence-corrected chi connectivity index (χ1v) is 11.4. The summed E-state index contributed by atoms with van der Waals surface area (Å²) in [5.41, 5.74) is 8.19. The fourth-order valence-electron chi connectivity index (χ4n) is 5.28. The van der Waals surface area contributed by atoms with Gasteiger partial charge in [-0.05, 0) is 61.8 Å².